The maximum absolute atomic E-state index is 12.7. The molecule has 2 N–H and O–H groups in total. The first-order valence-corrected chi connectivity index (χ1v) is 9.55. The fourth-order valence-corrected chi connectivity index (χ4v) is 4.56. The molecule has 3 amide bonds. The van der Waals surface area contributed by atoms with Gasteiger partial charge in [0.15, 0.2) is 0 Å². The van der Waals surface area contributed by atoms with Crippen LogP contribution in [0.3, 0.4) is 0 Å². The molecule has 0 bridgehead atoms. The smallest absolute Gasteiger partial charge is 0.238 e. The van der Waals surface area contributed by atoms with Gasteiger partial charge in [0.2, 0.25) is 17.7 Å². The van der Waals surface area contributed by atoms with Crippen LogP contribution in [0.25, 0.3) is 0 Å². The summed E-state index contributed by atoms with van der Waals surface area (Å²) in [7, 11) is 0. The molecule has 146 valence electrons. The van der Waals surface area contributed by atoms with Crippen LogP contribution in [-0.2, 0) is 20.9 Å². The molecule has 3 heterocycles. The number of amides is 3. The number of primary amides is 1. The van der Waals surface area contributed by atoms with Crippen LogP contribution in [0, 0.1) is 24.7 Å². The molecule has 8 heteroatoms. The van der Waals surface area contributed by atoms with Crippen molar-refractivity contribution in [2.24, 2.45) is 16.6 Å². The summed E-state index contributed by atoms with van der Waals surface area (Å²) in [5.74, 6) is 0.268. The second-order valence-electron chi connectivity index (χ2n) is 8.47. The minimum atomic E-state index is -0.953. The number of piperidine rings is 1. The van der Waals surface area contributed by atoms with Crippen LogP contribution in [-0.4, -0.2) is 52.3 Å². The Morgan fingerprint density at radius 3 is 2.37 bits per heavy atom. The quantitative estimate of drug-likeness (QED) is 0.788. The van der Waals surface area contributed by atoms with E-state index >= 15 is 0 Å². The molecule has 1 aliphatic carbocycles. The Hall–Kier alpha value is -2.38. The van der Waals surface area contributed by atoms with E-state index < -0.39 is 11.3 Å². The lowest BCUT2D eigenvalue weighted by Gasteiger charge is -2.39. The van der Waals surface area contributed by atoms with Gasteiger partial charge >= 0.3 is 0 Å². The standard InChI is InChI=1S/C19H26N4O4/c1-12-14(13(2)27-21-12)10-23-11-18(9-15(23)24)5-7-22(8-6-18)17(26)19(3-4-19)16(20)25/h3-11H2,1-2H3,(H2,20,25). The number of aromatic nitrogens is 1. The Labute approximate surface area is 158 Å². The average molecular weight is 374 g/mol. The molecule has 0 atom stereocenters. The molecule has 3 fully saturated rings. The van der Waals surface area contributed by atoms with Crippen LogP contribution in [0.5, 0.6) is 0 Å². The second-order valence-corrected chi connectivity index (χ2v) is 8.47. The van der Waals surface area contributed by atoms with Gasteiger partial charge in [0.05, 0.1) is 12.2 Å². The number of hydrogen-bond donors (Lipinski definition) is 1. The number of aryl methyl sites for hydroxylation is 2. The van der Waals surface area contributed by atoms with Crippen molar-refractivity contribution in [2.45, 2.75) is 52.5 Å². The minimum absolute atomic E-state index is 0.0870. The Morgan fingerprint density at radius 1 is 1.19 bits per heavy atom. The van der Waals surface area contributed by atoms with Crippen LogP contribution in [0.1, 0.15) is 49.1 Å². The van der Waals surface area contributed by atoms with Crippen molar-refractivity contribution >= 4 is 17.7 Å². The van der Waals surface area contributed by atoms with Gasteiger partial charge < -0.3 is 20.1 Å². The van der Waals surface area contributed by atoms with Crippen molar-refractivity contribution in [2.75, 3.05) is 19.6 Å². The predicted octanol–water partition coefficient (Wildman–Crippen LogP) is 0.898. The number of nitrogens with two attached hydrogens (primary N) is 1. The van der Waals surface area contributed by atoms with Crippen LogP contribution in [0.15, 0.2) is 4.52 Å². The molecular formula is C19H26N4O4. The van der Waals surface area contributed by atoms with Crippen LogP contribution >= 0.6 is 0 Å². The van der Waals surface area contributed by atoms with Crippen molar-refractivity contribution in [3.8, 4) is 0 Å². The lowest BCUT2D eigenvalue weighted by molar-refractivity contribution is -0.144. The molecule has 0 radical (unpaired) electrons. The second kappa shape index (κ2) is 6.07. The first kappa shape index (κ1) is 18.0. The molecule has 2 saturated heterocycles. The highest BCUT2D eigenvalue weighted by atomic mass is 16.5. The third kappa shape index (κ3) is 2.91. The van der Waals surface area contributed by atoms with Crippen LogP contribution in [0.4, 0.5) is 0 Å². The van der Waals surface area contributed by atoms with E-state index in [0.29, 0.717) is 45.4 Å². The number of carbonyl (C=O) groups is 3. The highest BCUT2D eigenvalue weighted by Crippen LogP contribution is 2.49. The van der Waals surface area contributed by atoms with Gasteiger partial charge in [-0.2, -0.15) is 0 Å². The van der Waals surface area contributed by atoms with Crippen molar-refractivity contribution in [1.82, 2.24) is 15.0 Å². The zero-order valence-corrected chi connectivity index (χ0v) is 15.9. The summed E-state index contributed by atoms with van der Waals surface area (Å²) in [4.78, 5) is 40.5. The molecule has 0 unspecified atom stereocenters. The SMILES string of the molecule is Cc1noc(C)c1CN1CC2(CCN(C(=O)C3(C(N)=O)CC3)CC2)CC1=O. The molecule has 27 heavy (non-hydrogen) atoms. The number of rotatable bonds is 4. The molecule has 1 spiro atoms. The lowest BCUT2D eigenvalue weighted by Crippen LogP contribution is -2.49. The van der Waals surface area contributed by atoms with E-state index in [0.717, 1.165) is 29.9 Å². The fourth-order valence-electron chi connectivity index (χ4n) is 4.56. The van der Waals surface area contributed by atoms with Gasteiger partial charge in [-0.15, -0.1) is 0 Å². The molecule has 2 aliphatic heterocycles. The van der Waals surface area contributed by atoms with Crippen LogP contribution in [0.2, 0.25) is 0 Å². The largest absolute Gasteiger partial charge is 0.369 e. The van der Waals surface area contributed by atoms with Crippen LogP contribution < -0.4 is 5.73 Å². The molecule has 1 aromatic heterocycles. The Kier molecular flexibility index (Phi) is 4.05. The molecule has 3 aliphatic rings. The van der Waals surface area contributed by atoms with E-state index in [9.17, 15) is 14.4 Å². The Morgan fingerprint density at radius 2 is 1.85 bits per heavy atom. The van der Waals surface area contributed by atoms with Gasteiger partial charge in [0.25, 0.3) is 0 Å². The lowest BCUT2D eigenvalue weighted by atomic mass is 9.77. The van der Waals surface area contributed by atoms with Crippen molar-refractivity contribution in [3.05, 3.63) is 17.0 Å². The number of likely N-dealkylation sites (tertiary alicyclic amines) is 2. The maximum Gasteiger partial charge on any atom is 0.238 e. The molecular weight excluding hydrogens is 348 g/mol. The fraction of sp³-hybridized carbons (Fsp3) is 0.684. The van der Waals surface area contributed by atoms with Gasteiger partial charge in [0, 0.05) is 37.0 Å². The highest BCUT2D eigenvalue weighted by molar-refractivity contribution is 6.07. The summed E-state index contributed by atoms with van der Waals surface area (Å²) >= 11 is 0. The normalized spacial score (nSPS) is 23.1. The van der Waals surface area contributed by atoms with E-state index in [2.05, 4.69) is 5.16 Å². The molecule has 0 aromatic carbocycles. The van der Waals surface area contributed by atoms with Gasteiger partial charge in [-0.1, -0.05) is 5.16 Å². The number of carbonyl (C=O) groups excluding carboxylic acids is 3. The van der Waals surface area contributed by atoms with E-state index in [1.54, 1.807) is 4.90 Å². The van der Waals surface area contributed by atoms with Gasteiger partial charge in [-0.05, 0) is 39.5 Å². The summed E-state index contributed by atoms with van der Waals surface area (Å²) in [6.45, 7) is 6.13. The van der Waals surface area contributed by atoms with E-state index in [1.165, 1.54) is 0 Å². The Bertz CT molecular complexity index is 783. The Balaban J connectivity index is 1.40. The molecule has 1 aromatic rings. The van der Waals surface area contributed by atoms with Crippen molar-refractivity contribution < 1.29 is 18.9 Å². The van der Waals surface area contributed by atoms with E-state index in [1.807, 2.05) is 18.7 Å². The summed E-state index contributed by atoms with van der Waals surface area (Å²) < 4.78 is 5.21. The molecule has 1 saturated carbocycles. The van der Waals surface area contributed by atoms with Gasteiger partial charge in [-0.3, -0.25) is 14.4 Å². The summed E-state index contributed by atoms with van der Waals surface area (Å²) in [5.41, 5.74) is 6.19. The average Bonchev–Trinajstić information content (AvgIpc) is 3.32. The molecule has 8 nitrogen and oxygen atoms in total. The van der Waals surface area contributed by atoms with Crippen molar-refractivity contribution in [3.63, 3.8) is 0 Å². The zero-order valence-electron chi connectivity index (χ0n) is 15.9. The topological polar surface area (TPSA) is 110 Å². The third-order valence-electron chi connectivity index (χ3n) is 6.68. The monoisotopic (exact) mass is 374 g/mol. The minimum Gasteiger partial charge on any atom is -0.369 e. The highest BCUT2D eigenvalue weighted by Gasteiger charge is 2.58. The van der Waals surface area contributed by atoms with Gasteiger partial charge in [-0.25, -0.2) is 0 Å². The van der Waals surface area contributed by atoms with Gasteiger partial charge in [0.1, 0.15) is 11.2 Å². The summed E-state index contributed by atoms with van der Waals surface area (Å²) in [6, 6.07) is 0. The first-order chi connectivity index (χ1) is 12.8. The number of nitrogens with zero attached hydrogens (tertiary/aromatic N) is 3. The summed E-state index contributed by atoms with van der Waals surface area (Å²) in [5, 5.41) is 3.96. The third-order valence-corrected chi connectivity index (χ3v) is 6.68. The summed E-state index contributed by atoms with van der Waals surface area (Å²) in [6.07, 6.45) is 3.19. The first-order valence-electron chi connectivity index (χ1n) is 9.55. The number of hydrogen-bond acceptors (Lipinski definition) is 5. The maximum atomic E-state index is 12.7. The zero-order chi connectivity index (χ0) is 19.4. The molecule has 4 rings (SSSR count). The predicted molar refractivity (Wildman–Crippen MR) is 95.1 cm³/mol. The van der Waals surface area contributed by atoms with E-state index in [4.69, 9.17) is 10.3 Å². The van der Waals surface area contributed by atoms with E-state index in [-0.39, 0.29) is 17.2 Å². The van der Waals surface area contributed by atoms with Crippen molar-refractivity contribution in [1.29, 1.82) is 0 Å².